The Hall–Kier alpha value is -1.17. The predicted molar refractivity (Wildman–Crippen MR) is 86.5 cm³/mol. The first-order chi connectivity index (χ1) is 11.1. The van der Waals surface area contributed by atoms with Crippen LogP contribution in [0.1, 0.15) is 24.8 Å². The molecule has 6 heteroatoms. The van der Waals surface area contributed by atoms with Gasteiger partial charge in [0.1, 0.15) is 5.82 Å². The Morgan fingerprint density at radius 1 is 1.39 bits per heavy atom. The van der Waals surface area contributed by atoms with Crippen LogP contribution in [-0.4, -0.2) is 41.7 Å². The van der Waals surface area contributed by atoms with Crippen LogP contribution in [0.15, 0.2) is 18.2 Å². The van der Waals surface area contributed by atoms with Gasteiger partial charge >= 0.3 is 0 Å². The van der Waals surface area contributed by atoms with E-state index in [1.54, 1.807) is 12.1 Å². The van der Waals surface area contributed by atoms with E-state index in [1.165, 1.54) is 6.07 Å². The molecule has 1 amide bonds. The number of rotatable bonds is 5. The van der Waals surface area contributed by atoms with Gasteiger partial charge in [0.15, 0.2) is 0 Å². The zero-order valence-electron chi connectivity index (χ0n) is 13.0. The topological polar surface area (TPSA) is 52.6 Å². The molecule has 4 nitrogen and oxygen atoms in total. The van der Waals surface area contributed by atoms with Gasteiger partial charge in [-0.15, -0.1) is 0 Å². The average Bonchev–Trinajstić information content (AvgIpc) is 2.83. The molecule has 23 heavy (non-hydrogen) atoms. The fourth-order valence-electron chi connectivity index (χ4n) is 3.32. The number of likely N-dealkylation sites (tertiary alicyclic amines) is 1. The molecule has 3 rings (SSSR count). The van der Waals surface area contributed by atoms with Crippen molar-refractivity contribution in [3.63, 3.8) is 0 Å². The van der Waals surface area contributed by atoms with Gasteiger partial charge in [-0.25, -0.2) is 4.39 Å². The lowest BCUT2D eigenvalue weighted by atomic mass is 9.84. The number of aliphatic hydroxyl groups is 1. The maximum absolute atomic E-state index is 14.0. The smallest absolute Gasteiger partial charge is 0.223 e. The van der Waals surface area contributed by atoms with Crippen molar-refractivity contribution in [1.82, 2.24) is 10.2 Å². The Morgan fingerprint density at radius 3 is 2.83 bits per heavy atom. The Kier molecular flexibility index (Phi) is 5.19. The van der Waals surface area contributed by atoms with Crippen LogP contribution in [0.2, 0.25) is 5.02 Å². The van der Waals surface area contributed by atoms with Crippen molar-refractivity contribution in [3.05, 3.63) is 34.6 Å². The standard InChI is InChI=1S/C17H22ClFN2O2/c18-14-6-2-5-12(16(14)19)7-21-8-13(10-22)15(9-21)20-17(23)11-3-1-4-11/h2,5-6,11,13,15,22H,1,3-4,7-10H2,(H,20,23)/t13-,15+/m0/s1. The number of carbonyl (C=O) groups is 1. The fourth-order valence-corrected chi connectivity index (χ4v) is 3.51. The summed E-state index contributed by atoms with van der Waals surface area (Å²) in [4.78, 5) is 14.2. The molecule has 0 radical (unpaired) electrons. The van der Waals surface area contributed by atoms with Crippen molar-refractivity contribution in [2.45, 2.75) is 31.8 Å². The summed E-state index contributed by atoms with van der Waals surface area (Å²) in [5.74, 6) is -0.179. The van der Waals surface area contributed by atoms with Gasteiger partial charge in [-0.05, 0) is 18.9 Å². The van der Waals surface area contributed by atoms with E-state index in [9.17, 15) is 14.3 Å². The van der Waals surface area contributed by atoms with Gasteiger partial charge in [0.05, 0.1) is 5.02 Å². The zero-order chi connectivity index (χ0) is 16.4. The van der Waals surface area contributed by atoms with E-state index in [1.807, 2.05) is 0 Å². The maximum Gasteiger partial charge on any atom is 0.223 e. The van der Waals surface area contributed by atoms with E-state index in [-0.39, 0.29) is 35.4 Å². The van der Waals surface area contributed by atoms with Crippen LogP contribution in [0.5, 0.6) is 0 Å². The molecule has 126 valence electrons. The largest absolute Gasteiger partial charge is 0.396 e. The van der Waals surface area contributed by atoms with Gasteiger partial charge in [0, 0.05) is 49.7 Å². The molecule has 1 heterocycles. The van der Waals surface area contributed by atoms with Crippen molar-refractivity contribution in [2.24, 2.45) is 11.8 Å². The van der Waals surface area contributed by atoms with E-state index in [0.29, 0.717) is 25.2 Å². The van der Waals surface area contributed by atoms with Crippen molar-refractivity contribution >= 4 is 17.5 Å². The highest BCUT2D eigenvalue weighted by Gasteiger charge is 2.35. The van der Waals surface area contributed by atoms with Crippen LogP contribution in [-0.2, 0) is 11.3 Å². The van der Waals surface area contributed by atoms with Gasteiger partial charge in [-0.2, -0.15) is 0 Å². The second-order valence-electron chi connectivity index (χ2n) is 6.59. The number of nitrogens with zero attached hydrogens (tertiary/aromatic N) is 1. The summed E-state index contributed by atoms with van der Waals surface area (Å²) in [6.45, 7) is 1.70. The van der Waals surface area contributed by atoms with E-state index in [4.69, 9.17) is 11.6 Å². The van der Waals surface area contributed by atoms with Crippen LogP contribution in [0.25, 0.3) is 0 Å². The Labute approximate surface area is 140 Å². The van der Waals surface area contributed by atoms with E-state index in [0.717, 1.165) is 19.3 Å². The van der Waals surface area contributed by atoms with Crippen molar-refractivity contribution in [3.8, 4) is 0 Å². The minimum Gasteiger partial charge on any atom is -0.396 e. The number of hydrogen-bond donors (Lipinski definition) is 2. The molecular formula is C17H22ClFN2O2. The summed E-state index contributed by atoms with van der Waals surface area (Å²) < 4.78 is 14.0. The summed E-state index contributed by atoms with van der Waals surface area (Å²) in [7, 11) is 0. The Morgan fingerprint density at radius 2 is 2.17 bits per heavy atom. The molecule has 0 aromatic heterocycles. The molecule has 2 N–H and O–H groups in total. The average molecular weight is 341 g/mol. The number of halogens is 2. The summed E-state index contributed by atoms with van der Waals surface area (Å²) in [5, 5.41) is 12.8. The van der Waals surface area contributed by atoms with Crippen LogP contribution < -0.4 is 5.32 Å². The highest BCUT2D eigenvalue weighted by atomic mass is 35.5. The third-order valence-electron chi connectivity index (χ3n) is 4.98. The molecule has 2 atom stereocenters. The molecule has 1 saturated heterocycles. The Bertz CT molecular complexity index is 580. The van der Waals surface area contributed by atoms with Crippen molar-refractivity contribution in [1.29, 1.82) is 0 Å². The number of carbonyl (C=O) groups excluding carboxylic acids is 1. The molecule has 1 aliphatic heterocycles. The number of nitrogens with one attached hydrogen (secondary N) is 1. The zero-order valence-corrected chi connectivity index (χ0v) is 13.7. The number of amides is 1. The van der Waals surface area contributed by atoms with E-state index >= 15 is 0 Å². The van der Waals surface area contributed by atoms with Crippen LogP contribution in [0.4, 0.5) is 4.39 Å². The van der Waals surface area contributed by atoms with Crippen LogP contribution in [0, 0.1) is 17.7 Å². The highest BCUT2D eigenvalue weighted by Crippen LogP contribution is 2.28. The number of benzene rings is 1. The second kappa shape index (κ2) is 7.16. The number of hydrogen-bond acceptors (Lipinski definition) is 3. The summed E-state index contributed by atoms with van der Waals surface area (Å²) in [5.41, 5.74) is 0.542. The molecule has 1 aromatic rings. The quantitative estimate of drug-likeness (QED) is 0.864. The SMILES string of the molecule is O=C(N[C@@H]1CN(Cc2cccc(Cl)c2F)C[C@H]1CO)C1CCC1. The molecule has 0 spiro atoms. The molecular weight excluding hydrogens is 319 g/mol. The van der Waals surface area contributed by atoms with Gasteiger partial charge < -0.3 is 10.4 Å². The second-order valence-corrected chi connectivity index (χ2v) is 7.00. The normalized spacial score (nSPS) is 25.3. The van der Waals surface area contributed by atoms with E-state index < -0.39 is 5.82 Å². The summed E-state index contributed by atoms with van der Waals surface area (Å²) >= 11 is 5.82. The minimum atomic E-state index is -0.392. The third kappa shape index (κ3) is 3.67. The van der Waals surface area contributed by atoms with Gasteiger partial charge in [0.2, 0.25) is 5.91 Å². The van der Waals surface area contributed by atoms with Gasteiger partial charge in [-0.1, -0.05) is 30.2 Å². The van der Waals surface area contributed by atoms with Gasteiger partial charge in [-0.3, -0.25) is 9.69 Å². The molecule has 2 fully saturated rings. The highest BCUT2D eigenvalue weighted by molar-refractivity contribution is 6.30. The third-order valence-corrected chi connectivity index (χ3v) is 5.27. The first-order valence-electron chi connectivity index (χ1n) is 8.15. The molecule has 1 aromatic carbocycles. The lowest BCUT2D eigenvalue weighted by molar-refractivity contribution is -0.128. The first-order valence-corrected chi connectivity index (χ1v) is 8.52. The van der Waals surface area contributed by atoms with Crippen molar-refractivity contribution in [2.75, 3.05) is 19.7 Å². The molecule has 0 bridgehead atoms. The summed E-state index contributed by atoms with van der Waals surface area (Å²) in [6.07, 6.45) is 3.03. The summed E-state index contributed by atoms with van der Waals surface area (Å²) in [6, 6.07) is 4.91. The monoisotopic (exact) mass is 340 g/mol. The molecule has 1 aliphatic carbocycles. The molecule has 2 aliphatic rings. The Balaban J connectivity index is 1.61. The van der Waals surface area contributed by atoms with Gasteiger partial charge in [0.25, 0.3) is 0 Å². The predicted octanol–water partition coefficient (Wildman–Crippen LogP) is 2.19. The maximum atomic E-state index is 14.0. The minimum absolute atomic E-state index is 0.0127. The van der Waals surface area contributed by atoms with Crippen molar-refractivity contribution < 1.29 is 14.3 Å². The fraction of sp³-hybridized carbons (Fsp3) is 0.588. The first kappa shape index (κ1) is 16.7. The molecule has 1 saturated carbocycles. The van der Waals surface area contributed by atoms with Crippen LogP contribution >= 0.6 is 11.6 Å². The van der Waals surface area contributed by atoms with Crippen LogP contribution in [0.3, 0.4) is 0 Å². The lowest BCUT2D eigenvalue weighted by Crippen LogP contribution is -2.45. The number of aliphatic hydroxyl groups excluding tert-OH is 1. The molecule has 0 unspecified atom stereocenters. The van der Waals surface area contributed by atoms with E-state index in [2.05, 4.69) is 10.2 Å². The lowest BCUT2D eigenvalue weighted by Gasteiger charge is -2.27.